The highest BCUT2D eigenvalue weighted by Gasteiger charge is 2.41. The van der Waals surface area contributed by atoms with Crippen molar-refractivity contribution in [1.29, 1.82) is 0 Å². The van der Waals surface area contributed by atoms with Crippen LogP contribution in [0.5, 0.6) is 0 Å². The van der Waals surface area contributed by atoms with Gasteiger partial charge in [0.2, 0.25) is 0 Å². The average molecular weight is 334 g/mol. The number of carboxylic acid groups (broad SMARTS) is 1. The van der Waals surface area contributed by atoms with Gasteiger partial charge in [-0.25, -0.2) is 0 Å². The number of nitrogens with one attached hydrogen (secondary N) is 1. The van der Waals surface area contributed by atoms with E-state index < -0.39 is 11.6 Å². The lowest BCUT2D eigenvalue weighted by Crippen LogP contribution is -2.37. The van der Waals surface area contributed by atoms with E-state index in [-0.39, 0.29) is 6.42 Å². The average Bonchev–Trinajstić information content (AvgIpc) is 2.88. The topological polar surface area (TPSA) is 62.3 Å². The second kappa shape index (κ2) is 6.38. The summed E-state index contributed by atoms with van der Waals surface area (Å²) in [5, 5.41) is 11.1. The molecule has 2 aromatic rings. The molecule has 0 amide bonds. The predicted octanol–water partition coefficient (Wildman–Crippen LogP) is 4.42. The molecule has 4 nitrogen and oxygen atoms in total. The minimum absolute atomic E-state index is 0.0536. The number of rotatable bonds is 5. The second-order valence-corrected chi connectivity index (χ2v) is 6.32. The first kappa shape index (κ1) is 16.1. The van der Waals surface area contributed by atoms with E-state index >= 15 is 0 Å². The van der Waals surface area contributed by atoms with Crippen LogP contribution < -0.4 is 0 Å². The lowest BCUT2D eigenvalue weighted by atomic mass is 9.84. The summed E-state index contributed by atoms with van der Waals surface area (Å²) in [7, 11) is 0. The number of benzene rings is 1. The van der Waals surface area contributed by atoms with Gasteiger partial charge in [-0.3, -0.25) is 4.79 Å². The summed E-state index contributed by atoms with van der Waals surface area (Å²) >= 11 is 6.37. The Kier molecular flexibility index (Phi) is 4.46. The SMILES string of the molecule is CC=CCCC1(CC(=O)O)OCCc2c1[nH]c1cccc(Cl)c21. The fraction of sp³-hybridized carbons (Fsp3) is 0.389. The zero-order valence-corrected chi connectivity index (χ0v) is 13.8. The lowest BCUT2D eigenvalue weighted by molar-refractivity contribution is -0.149. The van der Waals surface area contributed by atoms with Crippen molar-refractivity contribution in [3.05, 3.63) is 46.6 Å². The van der Waals surface area contributed by atoms with Crippen LogP contribution in [-0.4, -0.2) is 22.7 Å². The third-order valence-corrected chi connectivity index (χ3v) is 4.77. The highest BCUT2D eigenvalue weighted by Crippen LogP contribution is 2.43. The maximum Gasteiger partial charge on any atom is 0.306 e. The monoisotopic (exact) mass is 333 g/mol. The minimum Gasteiger partial charge on any atom is -0.481 e. The van der Waals surface area contributed by atoms with Crippen molar-refractivity contribution in [3.8, 4) is 0 Å². The smallest absolute Gasteiger partial charge is 0.306 e. The maximum atomic E-state index is 11.5. The zero-order chi connectivity index (χ0) is 16.4. The summed E-state index contributed by atoms with van der Waals surface area (Å²) < 4.78 is 6.03. The van der Waals surface area contributed by atoms with E-state index in [0.717, 1.165) is 35.0 Å². The van der Waals surface area contributed by atoms with Crippen molar-refractivity contribution < 1.29 is 14.6 Å². The number of fused-ring (bicyclic) bond motifs is 3. The largest absolute Gasteiger partial charge is 0.481 e. The fourth-order valence-corrected chi connectivity index (χ4v) is 3.77. The molecule has 0 saturated carbocycles. The Hall–Kier alpha value is -1.78. The lowest BCUT2D eigenvalue weighted by Gasteiger charge is -2.36. The molecule has 0 fully saturated rings. The van der Waals surface area contributed by atoms with Gasteiger partial charge in [-0.15, -0.1) is 0 Å². The number of aromatic amines is 1. The van der Waals surface area contributed by atoms with E-state index in [9.17, 15) is 9.90 Å². The van der Waals surface area contributed by atoms with Crippen LogP contribution in [0.3, 0.4) is 0 Å². The number of carboxylic acids is 1. The molecule has 0 aliphatic carbocycles. The third-order valence-electron chi connectivity index (χ3n) is 4.45. The molecule has 1 atom stereocenters. The molecular formula is C18H20ClNO3. The van der Waals surface area contributed by atoms with Gasteiger partial charge in [0.15, 0.2) is 0 Å². The standard InChI is InChI=1S/C18H20ClNO3/c1-2-3-4-9-18(11-15(21)22)17-12(8-10-23-18)16-13(19)6-5-7-14(16)20-17/h2-3,5-7,20H,4,8-11H2,1H3,(H,21,22). The Morgan fingerprint density at radius 3 is 3.09 bits per heavy atom. The summed E-state index contributed by atoms with van der Waals surface area (Å²) in [6.07, 6.45) is 6.09. The molecule has 1 unspecified atom stereocenters. The molecule has 0 radical (unpaired) electrons. The Morgan fingerprint density at radius 1 is 1.52 bits per heavy atom. The number of aliphatic carboxylic acids is 1. The van der Waals surface area contributed by atoms with Crippen molar-refractivity contribution >= 4 is 28.5 Å². The van der Waals surface area contributed by atoms with Crippen molar-refractivity contribution in [3.63, 3.8) is 0 Å². The van der Waals surface area contributed by atoms with E-state index in [4.69, 9.17) is 16.3 Å². The molecule has 0 bridgehead atoms. The van der Waals surface area contributed by atoms with E-state index in [1.807, 2.05) is 37.3 Å². The molecule has 2 N–H and O–H groups in total. The number of ether oxygens (including phenoxy) is 1. The maximum absolute atomic E-state index is 11.5. The molecule has 0 spiro atoms. The molecule has 3 rings (SSSR count). The number of halogens is 1. The Morgan fingerprint density at radius 2 is 2.35 bits per heavy atom. The van der Waals surface area contributed by atoms with Gasteiger partial charge < -0.3 is 14.8 Å². The number of H-pyrrole nitrogens is 1. The molecule has 5 heteroatoms. The quantitative estimate of drug-likeness (QED) is 0.796. The van der Waals surface area contributed by atoms with Crippen LogP contribution in [0, 0.1) is 0 Å². The number of allylic oxidation sites excluding steroid dienone is 2. The van der Waals surface area contributed by atoms with Crippen LogP contribution in [0.2, 0.25) is 5.02 Å². The number of hydrogen-bond acceptors (Lipinski definition) is 2. The van der Waals surface area contributed by atoms with Crippen LogP contribution in [0.15, 0.2) is 30.4 Å². The van der Waals surface area contributed by atoms with Crippen molar-refractivity contribution in [2.75, 3.05) is 6.61 Å². The molecule has 1 aromatic heterocycles. The van der Waals surface area contributed by atoms with Crippen LogP contribution >= 0.6 is 11.6 Å². The van der Waals surface area contributed by atoms with Crippen molar-refractivity contribution in [2.24, 2.45) is 0 Å². The third kappa shape index (κ3) is 2.89. The van der Waals surface area contributed by atoms with Crippen LogP contribution in [0.4, 0.5) is 0 Å². The van der Waals surface area contributed by atoms with Gasteiger partial charge in [0, 0.05) is 10.9 Å². The molecule has 2 heterocycles. The normalized spacial score (nSPS) is 21.0. The first-order valence-electron chi connectivity index (χ1n) is 7.84. The van der Waals surface area contributed by atoms with Gasteiger partial charge >= 0.3 is 5.97 Å². The summed E-state index contributed by atoms with van der Waals surface area (Å²) in [6, 6.07) is 5.73. The zero-order valence-electron chi connectivity index (χ0n) is 13.1. The minimum atomic E-state index is -0.858. The van der Waals surface area contributed by atoms with Gasteiger partial charge in [-0.1, -0.05) is 29.8 Å². The Balaban J connectivity index is 2.14. The number of aromatic nitrogens is 1. The molecule has 0 saturated heterocycles. The molecule has 23 heavy (non-hydrogen) atoms. The van der Waals surface area contributed by atoms with Gasteiger partial charge in [0.05, 0.1) is 23.7 Å². The van der Waals surface area contributed by atoms with E-state index in [1.165, 1.54) is 0 Å². The summed E-state index contributed by atoms with van der Waals surface area (Å²) in [5.74, 6) is -0.858. The fourth-order valence-electron chi connectivity index (χ4n) is 3.48. The van der Waals surface area contributed by atoms with Gasteiger partial charge in [0.25, 0.3) is 0 Å². The van der Waals surface area contributed by atoms with Gasteiger partial charge in [-0.2, -0.15) is 0 Å². The van der Waals surface area contributed by atoms with Crippen LogP contribution in [0.1, 0.15) is 37.4 Å². The second-order valence-electron chi connectivity index (χ2n) is 5.91. The van der Waals surface area contributed by atoms with Gasteiger partial charge in [0.1, 0.15) is 5.60 Å². The summed E-state index contributed by atoms with van der Waals surface area (Å²) in [6.45, 7) is 2.47. The van der Waals surface area contributed by atoms with E-state index in [1.54, 1.807) is 0 Å². The van der Waals surface area contributed by atoms with Crippen LogP contribution in [-0.2, 0) is 21.6 Å². The van der Waals surface area contributed by atoms with E-state index in [0.29, 0.717) is 18.1 Å². The summed E-state index contributed by atoms with van der Waals surface area (Å²) in [4.78, 5) is 14.8. The highest BCUT2D eigenvalue weighted by atomic mass is 35.5. The Labute approximate surface area is 140 Å². The number of carbonyl (C=O) groups is 1. The summed E-state index contributed by atoms with van der Waals surface area (Å²) in [5.41, 5.74) is 2.09. The Bertz CT molecular complexity index is 765. The molecule has 1 aromatic carbocycles. The molecular weight excluding hydrogens is 314 g/mol. The number of hydrogen-bond donors (Lipinski definition) is 2. The predicted molar refractivity (Wildman–Crippen MR) is 90.9 cm³/mol. The first-order chi connectivity index (χ1) is 11.1. The van der Waals surface area contributed by atoms with Crippen LogP contribution in [0.25, 0.3) is 10.9 Å². The van der Waals surface area contributed by atoms with Crippen molar-refractivity contribution in [1.82, 2.24) is 4.98 Å². The molecule has 1 aliphatic heterocycles. The first-order valence-corrected chi connectivity index (χ1v) is 8.21. The molecule has 122 valence electrons. The van der Waals surface area contributed by atoms with Crippen molar-refractivity contribution in [2.45, 2.75) is 38.2 Å². The molecule has 1 aliphatic rings. The van der Waals surface area contributed by atoms with E-state index in [2.05, 4.69) is 4.98 Å². The highest BCUT2D eigenvalue weighted by molar-refractivity contribution is 6.35. The van der Waals surface area contributed by atoms with Gasteiger partial charge in [-0.05, 0) is 43.9 Å².